The van der Waals surface area contributed by atoms with Crippen molar-refractivity contribution in [3.8, 4) is 0 Å². The van der Waals surface area contributed by atoms with Gasteiger partial charge in [0.05, 0.1) is 27.7 Å². The summed E-state index contributed by atoms with van der Waals surface area (Å²) >= 11 is 4.20. The van der Waals surface area contributed by atoms with E-state index in [1.807, 2.05) is 0 Å². The molecule has 0 fully saturated rings. The molecular formula is C8H7BrN4O3S. The van der Waals surface area contributed by atoms with E-state index in [9.17, 15) is 10.1 Å². The Bertz CT molecular complexity index is 573. The van der Waals surface area contributed by atoms with Crippen LogP contribution in [0.15, 0.2) is 10.5 Å². The summed E-state index contributed by atoms with van der Waals surface area (Å²) in [4.78, 5) is 10.4. The van der Waals surface area contributed by atoms with E-state index in [4.69, 9.17) is 5.11 Å². The zero-order valence-corrected chi connectivity index (χ0v) is 10.8. The summed E-state index contributed by atoms with van der Waals surface area (Å²) in [5.74, 6) is 0. The molecular weight excluding hydrogens is 312 g/mol. The van der Waals surface area contributed by atoms with Gasteiger partial charge in [0.15, 0.2) is 0 Å². The number of benzene rings is 1. The summed E-state index contributed by atoms with van der Waals surface area (Å²) in [6.07, 6.45) is 0. The van der Waals surface area contributed by atoms with E-state index >= 15 is 0 Å². The number of aliphatic hydroxyl groups is 1. The van der Waals surface area contributed by atoms with Gasteiger partial charge in [-0.15, -0.1) is 0 Å². The first-order valence-electron chi connectivity index (χ1n) is 4.59. The van der Waals surface area contributed by atoms with Crippen LogP contribution in [0.25, 0.3) is 11.0 Å². The number of aromatic nitrogens is 2. The van der Waals surface area contributed by atoms with Crippen molar-refractivity contribution in [2.45, 2.75) is 0 Å². The molecule has 0 amide bonds. The molecule has 2 rings (SSSR count). The second kappa shape index (κ2) is 4.90. The van der Waals surface area contributed by atoms with Crippen LogP contribution in [0, 0.1) is 10.1 Å². The maximum atomic E-state index is 10.9. The quantitative estimate of drug-likeness (QED) is 0.658. The Morgan fingerprint density at radius 2 is 2.24 bits per heavy atom. The summed E-state index contributed by atoms with van der Waals surface area (Å²) in [6.45, 7) is 0.0986. The molecule has 90 valence electrons. The molecule has 7 nitrogen and oxygen atoms in total. The lowest BCUT2D eigenvalue weighted by atomic mass is 10.2. The fourth-order valence-corrected chi connectivity index (χ4v) is 2.57. The number of nitrogens with one attached hydrogen (secondary N) is 1. The molecule has 17 heavy (non-hydrogen) atoms. The lowest BCUT2D eigenvalue weighted by Gasteiger charge is -2.06. The lowest BCUT2D eigenvalue weighted by Crippen LogP contribution is -2.08. The van der Waals surface area contributed by atoms with Gasteiger partial charge >= 0.3 is 0 Å². The standard InChI is InChI=1S/C8H7BrN4O3S/c9-4-3-5(13(15)16)7(10-1-2-14)8-6(4)11-17-12-8/h3,10,14H,1-2H2. The predicted molar refractivity (Wildman–Crippen MR) is 67.3 cm³/mol. The van der Waals surface area contributed by atoms with Crippen molar-refractivity contribution >= 4 is 50.1 Å². The fraction of sp³-hybridized carbons (Fsp3) is 0.250. The molecule has 1 heterocycles. The molecule has 1 aromatic carbocycles. The molecule has 0 aliphatic rings. The minimum Gasteiger partial charge on any atom is -0.395 e. The SMILES string of the molecule is O=[N+]([O-])c1cc(Br)c2nsnc2c1NCCO. The number of nitro groups is 1. The molecule has 0 spiro atoms. The highest BCUT2D eigenvalue weighted by molar-refractivity contribution is 9.10. The van der Waals surface area contributed by atoms with Crippen LogP contribution in [0.1, 0.15) is 0 Å². The van der Waals surface area contributed by atoms with Gasteiger partial charge in [-0.2, -0.15) is 8.75 Å². The van der Waals surface area contributed by atoms with Crippen molar-refractivity contribution in [3.63, 3.8) is 0 Å². The van der Waals surface area contributed by atoms with E-state index in [2.05, 4.69) is 30.0 Å². The molecule has 0 bridgehead atoms. The number of halogens is 1. The zero-order valence-electron chi connectivity index (χ0n) is 8.38. The predicted octanol–water partition coefficient (Wildman–Crippen LogP) is 1.77. The second-order valence-corrected chi connectivity index (χ2v) is 4.50. The molecule has 2 N–H and O–H groups in total. The monoisotopic (exact) mass is 318 g/mol. The fourth-order valence-electron chi connectivity index (χ4n) is 1.39. The Hall–Kier alpha value is -1.32. The normalized spacial score (nSPS) is 10.7. The highest BCUT2D eigenvalue weighted by Gasteiger charge is 2.21. The second-order valence-electron chi connectivity index (χ2n) is 3.12. The Morgan fingerprint density at radius 3 is 2.88 bits per heavy atom. The van der Waals surface area contributed by atoms with Crippen molar-refractivity contribution < 1.29 is 10.0 Å². The summed E-state index contributed by atoms with van der Waals surface area (Å²) in [5, 5.41) is 22.5. The van der Waals surface area contributed by atoms with Gasteiger partial charge in [-0.05, 0) is 15.9 Å². The van der Waals surface area contributed by atoms with Crippen LogP contribution in [-0.2, 0) is 0 Å². The number of rotatable bonds is 4. The van der Waals surface area contributed by atoms with Crippen LogP contribution in [0.5, 0.6) is 0 Å². The van der Waals surface area contributed by atoms with E-state index in [0.717, 1.165) is 11.7 Å². The summed E-state index contributed by atoms with van der Waals surface area (Å²) in [7, 11) is 0. The number of aliphatic hydroxyl groups excluding tert-OH is 1. The number of nitro benzene ring substituents is 1. The van der Waals surface area contributed by atoms with Gasteiger partial charge in [0.1, 0.15) is 16.7 Å². The average Bonchev–Trinajstić information content (AvgIpc) is 2.77. The molecule has 0 unspecified atom stereocenters. The van der Waals surface area contributed by atoms with Crippen LogP contribution < -0.4 is 5.32 Å². The first-order chi connectivity index (χ1) is 8.15. The van der Waals surface area contributed by atoms with Crippen molar-refractivity contribution in [1.29, 1.82) is 0 Å². The van der Waals surface area contributed by atoms with Gasteiger partial charge in [-0.25, -0.2) is 0 Å². The largest absolute Gasteiger partial charge is 0.395 e. The van der Waals surface area contributed by atoms with Crippen LogP contribution >= 0.6 is 27.7 Å². The lowest BCUT2D eigenvalue weighted by molar-refractivity contribution is -0.383. The first-order valence-corrected chi connectivity index (χ1v) is 6.11. The number of anilines is 1. The summed E-state index contributed by atoms with van der Waals surface area (Å²) in [5.41, 5.74) is 1.20. The average molecular weight is 319 g/mol. The maximum absolute atomic E-state index is 10.9. The van der Waals surface area contributed by atoms with Crippen molar-refractivity contribution in [1.82, 2.24) is 8.75 Å². The van der Waals surface area contributed by atoms with Gasteiger partial charge in [0.25, 0.3) is 5.69 Å². The molecule has 0 atom stereocenters. The molecule has 0 aliphatic heterocycles. The van der Waals surface area contributed by atoms with E-state index < -0.39 is 4.92 Å². The Morgan fingerprint density at radius 1 is 1.53 bits per heavy atom. The third-order valence-electron chi connectivity index (χ3n) is 2.08. The number of hydrogen-bond acceptors (Lipinski definition) is 7. The smallest absolute Gasteiger partial charge is 0.295 e. The van der Waals surface area contributed by atoms with Gasteiger partial charge in [0, 0.05) is 12.6 Å². The Kier molecular flexibility index (Phi) is 3.50. The van der Waals surface area contributed by atoms with Crippen molar-refractivity contribution in [2.24, 2.45) is 0 Å². The van der Waals surface area contributed by atoms with Gasteiger partial charge in [-0.3, -0.25) is 10.1 Å². The highest BCUT2D eigenvalue weighted by Crippen LogP contribution is 2.36. The summed E-state index contributed by atoms with van der Waals surface area (Å²) in [6, 6.07) is 1.38. The van der Waals surface area contributed by atoms with Crippen LogP contribution in [0.2, 0.25) is 0 Å². The van der Waals surface area contributed by atoms with E-state index in [-0.39, 0.29) is 24.5 Å². The first kappa shape index (κ1) is 12.1. The highest BCUT2D eigenvalue weighted by atomic mass is 79.9. The van der Waals surface area contributed by atoms with Crippen LogP contribution in [0.4, 0.5) is 11.4 Å². The Labute approximate surface area is 108 Å². The van der Waals surface area contributed by atoms with Crippen molar-refractivity contribution in [2.75, 3.05) is 18.5 Å². The maximum Gasteiger partial charge on any atom is 0.295 e. The molecule has 9 heteroatoms. The van der Waals surface area contributed by atoms with E-state index in [1.54, 1.807) is 0 Å². The minimum absolute atomic E-state index is 0.0921. The van der Waals surface area contributed by atoms with E-state index in [1.165, 1.54) is 6.07 Å². The third-order valence-corrected chi connectivity index (χ3v) is 3.21. The molecule has 0 aliphatic carbocycles. The van der Waals surface area contributed by atoms with Gasteiger partial charge < -0.3 is 10.4 Å². The topological polar surface area (TPSA) is 101 Å². The zero-order chi connectivity index (χ0) is 12.4. The molecule has 0 radical (unpaired) electrons. The molecule has 0 saturated heterocycles. The van der Waals surface area contributed by atoms with Crippen LogP contribution in [0.3, 0.4) is 0 Å². The number of fused-ring (bicyclic) bond motifs is 1. The van der Waals surface area contributed by atoms with Gasteiger partial charge in [0.2, 0.25) is 0 Å². The number of hydrogen-bond donors (Lipinski definition) is 2. The van der Waals surface area contributed by atoms with Crippen LogP contribution in [-0.4, -0.2) is 31.9 Å². The van der Waals surface area contributed by atoms with Crippen molar-refractivity contribution in [3.05, 3.63) is 20.7 Å². The summed E-state index contributed by atoms with van der Waals surface area (Å²) < 4.78 is 8.60. The van der Waals surface area contributed by atoms with Gasteiger partial charge in [-0.1, -0.05) is 0 Å². The van der Waals surface area contributed by atoms with E-state index in [0.29, 0.717) is 15.5 Å². The number of nitrogens with zero attached hydrogens (tertiary/aromatic N) is 3. The molecule has 1 aromatic heterocycles. The third kappa shape index (κ3) is 2.21. The molecule has 0 saturated carbocycles. The minimum atomic E-state index is -0.497. The molecule has 2 aromatic rings. The Balaban J connectivity index is 2.65.